The van der Waals surface area contributed by atoms with E-state index in [1.54, 1.807) is 41.8 Å². The predicted molar refractivity (Wildman–Crippen MR) is 103 cm³/mol. The zero-order chi connectivity index (χ0) is 16.7. The van der Waals surface area contributed by atoms with Crippen LogP contribution in [-0.4, -0.2) is 30.1 Å². The van der Waals surface area contributed by atoms with E-state index in [-0.39, 0.29) is 29.5 Å². The van der Waals surface area contributed by atoms with Gasteiger partial charge in [0.05, 0.1) is 5.69 Å². The van der Waals surface area contributed by atoms with E-state index in [9.17, 15) is 10.2 Å². The molecule has 2 aromatic carbocycles. The molecule has 0 bridgehead atoms. The molecule has 134 valence electrons. The molecule has 0 fully saturated rings. The molecule has 4 aromatic rings. The summed E-state index contributed by atoms with van der Waals surface area (Å²) in [5, 5.41) is 19.8. The second-order valence-electron chi connectivity index (χ2n) is 5.60. The number of halogens is 1. The maximum Gasteiger partial charge on any atom is 0.219 e. The average molecular weight is 372 g/mol. The fraction of sp³-hybridized carbons (Fsp3) is 0.0526. The number of phenolic OH excluding ortho intramolecular Hbond substituents is 1. The summed E-state index contributed by atoms with van der Waals surface area (Å²) in [5.74, 6) is 0.300. The number of hydrogen-bond donors (Lipinski definition) is 2. The van der Waals surface area contributed by atoms with Crippen LogP contribution in [-0.2, 0) is 0 Å². The Kier molecular flexibility index (Phi) is 5.50. The SMILES string of the molecule is Cc1nc2c(-c3ccccc3)nc(-c3ccc(O)cc3)cn2c1O.Cl.O. The topological polar surface area (TPSA) is 102 Å². The minimum atomic E-state index is 0. The Bertz CT molecular complexity index is 1030. The van der Waals surface area contributed by atoms with Crippen molar-refractivity contribution < 1.29 is 15.7 Å². The average Bonchev–Trinajstić information content (AvgIpc) is 2.90. The van der Waals surface area contributed by atoms with Crippen LogP contribution in [0.25, 0.3) is 28.2 Å². The number of hydrogen-bond acceptors (Lipinski definition) is 4. The number of phenols is 1. The molecule has 2 aromatic heterocycles. The third-order valence-corrected chi connectivity index (χ3v) is 3.96. The maximum atomic E-state index is 10.3. The van der Waals surface area contributed by atoms with E-state index in [0.29, 0.717) is 22.7 Å². The highest BCUT2D eigenvalue weighted by Gasteiger charge is 2.16. The van der Waals surface area contributed by atoms with Gasteiger partial charge in [0.1, 0.15) is 17.1 Å². The molecule has 4 rings (SSSR count). The van der Waals surface area contributed by atoms with Gasteiger partial charge in [-0.25, -0.2) is 9.97 Å². The minimum Gasteiger partial charge on any atom is -0.508 e. The number of aromatic hydroxyl groups is 2. The van der Waals surface area contributed by atoms with Crippen LogP contribution >= 0.6 is 12.4 Å². The monoisotopic (exact) mass is 371 g/mol. The molecule has 6 nitrogen and oxygen atoms in total. The molecule has 0 aliphatic heterocycles. The predicted octanol–water partition coefficient (Wildman–Crippen LogP) is 3.38. The molecule has 2 heterocycles. The molecule has 0 saturated carbocycles. The van der Waals surface area contributed by atoms with E-state index in [1.807, 2.05) is 30.3 Å². The lowest BCUT2D eigenvalue weighted by molar-refractivity contribution is 0.444. The number of aromatic nitrogens is 3. The standard InChI is InChI=1S/C19H15N3O2.ClH.H2O/c1-12-19(24)22-11-16(13-7-9-15(23)10-8-13)21-17(18(22)20-12)14-5-3-2-4-6-14;;/h2-11,23-24H,1H3;1H;1H2. The smallest absolute Gasteiger partial charge is 0.219 e. The molecule has 0 aliphatic rings. The zero-order valence-electron chi connectivity index (χ0n) is 13.9. The number of rotatable bonds is 2. The Hall–Kier alpha value is -3.09. The van der Waals surface area contributed by atoms with Crippen LogP contribution in [0.4, 0.5) is 0 Å². The van der Waals surface area contributed by atoms with Crippen molar-refractivity contribution in [1.29, 1.82) is 0 Å². The van der Waals surface area contributed by atoms with Crippen LogP contribution in [0.2, 0.25) is 0 Å². The quantitative estimate of drug-likeness (QED) is 0.563. The van der Waals surface area contributed by atoms with Crippen molar-refractivity contribution in [3.8, 4) is 34.1 Å². The maximum absolute atomic E-state index is 10.3. The molecular formula is C19H18ClN3O3. The van der Waals surface area contributed by atoms with Crippen LogP contribution in [0.15, 0.2) is 60.8 Å². The van der Waals surface area contributed by atoms with Crippen LogP contribution in [0.3, 0.4) is 0 Å². The van der Waals surface area contributed by atoms with Crippen molar-refractivity contribution in [2.75, 3.05) is 0 Å². The normalized spacial score (nSPS) is 10.2. The minimum absolute atomic E-state index is 0. The summed E-state index contributed by atoms with van der Waals surface area (Å²) in [4.78, 5) is 9.20. The van der Waals surface area contributed by atoms with Gasteiger partial charge in [-0.1, -0.05) is 30.3 Å². The summed E-state index contributed by atoms with van der Waals surface area (Å²) >= 11 is 0. The van der Waals surface area contributed by atoms with Gasteiger partial charge in [0.25, 0.3) is 0 Å². The van der Waals surface area contributed by atoms with Gasteiger partial charge in [0.15, 0.2) is 5.65 Å². The highest BCUT2D eigenvalue weighted by atomic mass is 35.5. The van der Waals surface area contributed by atoms with Gasteiger partial charge in [-0.2, -0.15) is 0 Å². The largest absolute Gasteiger partial charge is 0.508 e. The van der Waals surface area contributed by atoms with E-state index in [0.717, 1.165) is 11.1 Å². The molecule has 4 N–H and O–H groups in total. The molecule has 0 spiro atoms. The fourth-order valence-corrected chi connectivity index (χ4v) is 2.71. The zero-order valence-corrected chi connectivity index (χ0v) is 14.7. The van der Waals surface area contributed by atoms with Crippen molar-refractivity contribution in [2.24, 2.45) is 0 Å². The lowest BCUT2D eigenvalue weighted by Crippen LogP contribution is -1.96. The summed E-state index contributed by atoms with van der Waals surface area (Å²) in [6, 6.07) is 16.6. The second kappa shape index (κ2) is 7.43. The van der Waals surface area contributed by atoms with Crippen LogP contribution in [0, 0.1) is 6.92 Å². The number of benzene rings is 2. The summed E-state index contributed by atoms with van der Waals surface area (Å²) < 4.78 is 1.65. The molecule has 26 heavy (non-hydrogen) atoms. The first kappa shape index (κ1) is 19.2. The van der Waals surface area contributed by atoms with E-state index in [2.05, 4.69) is 4.98 Å². The van der Waals surface area contributed by atoms with Gasteiger partial charge < -0.3 is 15.7 Å². The molecular weight excluding hydrogens is 354 g/mol. The van der Waals surface area contributed by atoms with Gasteiger partial charge in [-0.3, -0.25) is 4.40 Å². The van der Waals surface area contributed by atoms with Crippen molar-refractivity contribution >= 4 is 18.1 Å². The Morgan fingerprint density at radius 2 is 1.50 bits per heavy atom. The highest BCUT2D eigenvalue weighted by molar-refractivity contribution is 5.85. The first-order chi connectivity index (χ1) is 11.6. The van der Waals surface area contributed by atoms with Gasteiger partial charge >= 0.3 is 0 Å². The third kappa shape index (κ3) is 3.20. The fourth-order valence-electron chi connectivity index (χ4n) is 2.71. The lowest BCUT2D eigenvalue weighted by Gasteiger charge is -2.08. The van der Waals surface area contributed by atoms with Crippen molar-refractivity contribution in [3.63, 3.8) is 0 Å². The summed E-state index contributed by atoms with van der Waals surface area (Å²) in [6.45, 7) is 1.76. The van der Waals surface area contributed by atoms with E-state index < -0.39 is 0 Å². The number of aryl methyl sites for hydroxylation is 1. The Balaban J connectivity index is 0.00000121. The summed E-state index contributed by atoms with van der Waals surface area (Å²) in [7, 11) is 0. The molecule has 0 radical (unpaired) electrons. The molecule has 7 heteroatoms. The first-order valence-corrected chi connectivity index (χ1v) is 7.57. The molecule has 0 amide bonds. The van der Waals surface area contributed by atoms with Crippen LogP contribution in [0.1, 0.15) is 5.69 Å². The summed E-state index contributed by atoms with van der Waals surface area (Å²) in [6.07, 6.45) is 1.75. The lowest BCUT2D eigenvalue weighted by atomic mass is 10.1. The third-order valence-electron chi connectivity index (χ3n) is 3.96. The number of fused-ring (bicyclic) bond motifs is 1. The molecule has 0 aliphatic carbocycles. The Labute approximate surface area is 156 Å². The van der Waals surface area contributed by atoms with Crippen molar-refractivity contribution in [1.82, 2.24) is 14.4 Å². The van der Waals surface area contributed by atoms with Crippen LogP contribution in [0.5, 0.6) is 11.6 Å². The van der Waals surface area contributed by atoms with E-state index in [4.69, 9.17) is 4.98 Å². The molecule has 0 saturated heterocycles. The van der Waals surface area contributed by atoms with Crippen molar-refractivity contribution in [2.45, 2.75) is 6.92 Å². The number of nitrogens with zero attached hydrogens (tertiary/aromatic N) is 3. The highest BCUT2D eigenvalue weighted by Crippen LogP contribution is 2.30. The van der Waals surface area contributed by atoms with Crippen molar-refractivity contribution in [3.05, 3.63) is 66.5 Å². The van der Waals surface area contributed by atoms with Gasteiger partial charge in [-0.15, -0.1) is 12.4 Å². The second-order valence-corrected chi connectivity index (χ2v) is 5.60. The van der Waals surface area contributed by atoms with Gasteiger partial charge in [0, 0.05) is 17.3 Å². The molecule has 0 atom stereocenters. The number of imidazole rings is 1. The summed E-state index contributed by atoms with van der Waals surface area (Å²) in [5.41, 5.74) is 4.32. The van der Waals surface area contributed by atoms with Crippen LogP contribution < -0.4 is 0 Å². The van der Waals surface area contributed by atoms with E-state index in [1.165, 1.54) is 0 Å². The van der Waals surface area contributed by atoms with Gasteiger partial charge in [-0.05, 0) is 31.2 Å². The molecule has 0 unspecified atom stereocenters. The van der Waals surface area contributed by atoms with E-state index >= 15 is 0 Å². The Morgan fingerprint density at radius 1 is 0.846 bits per heavy atom. The first-order valence-electron chi connectivity index (χ1n) is 7.57. The Morgan fingerprint density at radius 3 is 2.15 bits per heavy atom. The van der Waals surface area contributed by atoms with Gasteiger partial charge in [0.2, 0.25) is 5.88 Å².